The van der Waals surface area contributed by atoms with Crippen molar-refractivity contribution in [1.82, 2.24) is 15.6 Å². The number of aliphatic imine (C=N–C) groups is 1. The van der Waals surface area contributed by atoms with Gasteiger partial charge >= 0.3 is 0 Å². The lowest BCUT2D eigenvalue weighted by Crippen LogP contribution is -2.39. The van der Waals surface area contributed by atoms with E-state index in [1.165, 1.54) is 0 Å². The van der Waals surface area contributed by atoms with Gasteiger partial charge in [0.25, 0.3) is 0 Å². The Labute approximate surface area is 202 Å². The van der Waals surface area contributed by atoms with Crippen LogP contribution in [0.4, 0.5) is 0 Å². The zero-order chi connectivity index (χ0) is 21.9. The van der Waals surface area contributed by atoms with Gasteiger partial charge in [-0.2, -0.15) is 0 Å². The maximum atomic E-state index is 10.6. The normalized spacial score (nSPS) is 12.3. The number of aromatic nitrogens is 1. The van der Waals surface area contributed by atoms with E-state index in [2.05, 4.69) is 20.6 Å². The molecule has 2 aromatic rings. The van der Waals surface area contributed by atoms with Crippen molar-refractivity contribution in [2.75, 3.05) is 13.1 Å². The van der Waals surface area contributed by atoms with E-state index in [0.717, 1.165) is 23.4 Å². The number of benzene rings is 1. The Hall–Kier alpha value is -2.07. The molecule has 1 aromatic carbocycles. The van der Waals surface area contributed by atoms with E-state index < -0.39 is 6.10 Å². The number of aliphatic hydroxyl groups is 1. The van der Waals surface area contributed by atoms with Crippen LogP contribution in [0.5, 0.6) is 11.6 Å². The van der Waals surface area contributed by atoms with Gasteiger partial charge in [-0.25, -0.2) is 9.98 Å². The van der Waals surface area contributed by atoms with Gasteiger partial charge in [0, 0.05) is 25.4 Å². The van der Waals surface area contributed by atoms with Crippen molar-refractivity contribution in [3.8, 4) is 11.6 Å². The number of hydrogen-bond donors (Lipinski definition) is 3. The second-order valence-corrected chi connectivity index (χ2v) is 7.50. The van der Waals surface area contributed by atoms with E-state index in [1.54, 1.807) is 6.20 Å². The summed E-state index contributed by atoms with van der Waals surface area (Å²) in [6, 6.07) is 11.3. The molecule has 172 valence electrons. The van der Waals surface area contributed by atoms with E-state index in [9.17, 15) is 5.11 Å². The summed E-state index contributed by atoms with van der Waals surface area (Å²) in [6.45, 7) is 11.4. The quantitative estimate of drug-likeness (QED) is 0.239. The minimum Gasteiger partial charge on any atom is -0.491 e. The molecule has 31 heavy (non-hydrogen) atoms. The molecule has 1 unspecified atom stereocenters. The van der Waals surface area contributed by atoms with Crippen molar-refractivity contribution in [2.45, 2.75) is 59.5 Å². The van der Waals surface area contributed by atoms with Gasteiger partial charge in [0.05, 0.1) is 24.9 Å². The molecule has 1 aromatic heterocycles. The molecule has 0 aliphatic carbocycles. The van der Waals surface area contributed by atoms with Crippen LogP contribution in [0.15, 0.2) is 47.6 Å². The van der Waals surface area contributed by atoms with Crippen LogP contribution in [0.3, 0.4) is 0 Å². The van der Waals surface area contributed by atoms with E-state index in [0.29, 0.717) is 24.9 Å². The zero-order valence-corrected chi connectivity index (χ0v) is 21.3. The number of nitrogens with one attached hydrogen (secondary N) is 2. The van der Waals surface area contributed by atoms with Crippen molar-refractivity contribution in [2.24, 2.45) is 4.99 Å². The minimum absolute atomic E-state index is 0. The topological polar surface area (TPSA) is 88.0 Å². The molecule has 8 heteroatoms. The maximum absolute atomic E-state index is 10.6. The van der Waals surface area contributed by atoms with Gasteiger partial charge in [-0.15, -0.1) is 24.0 Å². The Bertz CT molecular complexity index is 798. The summed E-state index contributed by atoms with van der Waals surface area (Å²) >= 11 is 0. The first-order valence-corrected chi connectivity index (χ1v) is 10.5. The number of pyridine rings is 1. The Balaban J connectivity index is 0.00000480. The summed E-state index contributed by atoms with van der Waals surface area (Å²) in [5.74, 6) is 1.99. The number of nitrogens with zero attached hydrogens (tertiary/aromatic N) is 2. The molecule has 0 bridgehead atoms. The fourth-order valence-corrected chi connectivity index (χ4v) is 2.71. The Kier molecular flexibility index (Phi) is 12.2. The second kappa shape index (κ2) is 14.1. The van der Waals surface area contributed by atoms with Crippen molar-refractivity contribution in [3.05, 3.63) is 53.7 Å². The largest absolute Gasteiger partial charge is 0.491 e. The average Bonchev–Trinajstić information content (AvgIpc) is 2.70. The van der Waals surface area contributed by atoms with Gasteiger partial charge in [0.15, 0.2) is 5.96 Å². The van der Waals surface area contributed by atoms with E-state index in [-0.39, 0.29) is 36.2 Å². The molecule has 7 nitrogen and oxygen atoms in total. The molecule has 0 saturated heterocycles. The fraction of sp³-hybridized carbons (Fsp3) is 0.478. The third kappa shape index (κ3) is 10.2. The highest BCUT2D eigenvalue weighted by atomic mass is 127. The summed E-state index contributed by atoms with van der Waals surface area (Å²) in [6.07, 6.45) is 1.26. The first kappa shape index (κ1) is 27.0. The highest BCUT2D eigenvalue weighted by Gasteiger charge is 2.10. The summed E-state index contributed by atoms with van der Waals surface area (Å²) in [4.78, 5) is 8.88. The predicted molar refractivity (Wildman–Crippen MR) is 135 cm³/mol. The van der Waals surface area contributed by atoms with Crippen LogP contribution in [0, 0.1) is 0 Å². The number of aliphatic hydroxyl groups excluding tert-OH is 1. The number of hydrogen-bond acceptors (Lipinski definition) is 5. The van der Waals surface area contributed by atoms with Crippen LogP contribution >= 0.6 is 24.0 Å². The van der Waals surface area contributed by atoms with Crippen molar-refractivity contribution >= 4 is 29.9 Å². The fourth-order valence-electron chi connectivity index (χ4n) is 2.71. The van der Waals surface area contributed by atoms with Crippen LogP contribution in [0.2, 0.25) is 0 Å². The van der Waals surface area contributed by atoms with Gasteiger partial charge in [-0.3, -0.25) is 0 Å². The standard InChI is InChI=1S/C23H34N4O3.HI/c1-6-24-23(26-14-18-10-11-22(25-13-18)30-17(4)5)27-15-21(28)19-8-7-9-20(12-19)29-16(2)3;/h7-13,16-17,21,28H,6,14-15H2,1-5H3,(H2,24,26,27);1H. The monoisotopic (exact) mass is 542 g/mol. The minimum atomic E-state index is -0.682. The lowest BCUT2D eigenvalue weighted by molar-refractivity contribution is 0.179. The molecular weight excluding hydrogens is 507 g/mol. The second-order valence-electron chi connectivity index (χ2n) is 7.50. The molecule has 3 N–H and O–H groups in total. The lowest BCUT2D eigenvalue weighted by atomic mass is 10.1. The summed E-state index contributed by atoms with van der Waals surface area (Å²) in [7, 11) is 0. The summed E-state index contributed by atoms with van der Waals surface area (Å²) in [5, 5.41) is 16.9. The predicted octanol–water partition coefficient (Wildman–Crippen LogP) is 4.06. The molecule has 0 aliphatic heterocycles. The van der Waals surface area contributed by atoms with Gasteiger partial charge in [-0.1, -0.05) is 18.2 Å². The summed E-state index contributed by atoms with van der Waals surface area (Å²) < 4.78 is 11.3. The number of rotatable bonds is 10. The third-order valence-electron chi connectivity index (χ3n) is 4.00. The molecule has 0 aliphatic rings. The molecule has 0 radical (unpaired) electrons. The molecule has 1 heterocycles. The number of guanidine groups is 1. The lowest BCUT2D eigenvalue weighted by Gasteiger charge is -2.17. The maximum Gasteiger partial charge on any atom is 0.213 e. The number of ether oxygens (including phenoxy) is 2. The molecule has 0 amide bonds. The van der Waals surface area contributed by atoms with Gasteiger partial charge in [0.2, 0.25) is 5.88 Å². The van der Waals surface area contributed by atoms with Gasteiger partial charge in [0.1, 0.15) is 5.75 Å². The van der Waals surface area contributed by atoms with E-state index in [1.807, 2.05) is 71.0 Å². The molecule has 2 rings (SSSR count). The third-order valence-corrected chi connectivity index (χ3v) is 4.00. The van der Waals surface area contributed by atoms with Crippen molar-refractivity contribution in [1.29, 1.82) is 0 Å². The smallest absolute Gasteiger partial charge is 0.213 e. The van der Waals surface area contributed by atoms with E-state index >= 15 is 0 Å². The highest BCUT2D eigenvalue weighted by molar-refractivity contribution is 14.0. The van der Waals surface area contributed by atoms with Gasteiger partial charge in [-0.05, 0) is 57.9 Å². The van der Waals surface area contributed by atoms with Crippen molar-refractivity contribution in [3.63, 3.8) is 0 Å². The summed E-state index contributed by atoms with van der Waals surface area (Å²) in [5.41, 5.74) is 1.77. The molecule has 0 fully saturated rings. The Morgan fingerprint density at radius 3 is 2.42 bits per heavy atom. The first-order chi connectivity index (χ1) is 14.4. The first-order valence-electron chi connectivity index (χ1n) is 10.5. The molecule has 0 spiro atoms. The van der Waals surface area contributed by atoms with E-state index in [4.69, 9.17) is 9.47 Å². The van der Waals surface area contributed by atoms with Crippen LogP contribution < -0.4 is 20.1 Å². The zero-order valence-electron chi connectivity index (χ0n) is 19.0. The van der Waals surface area contributed by atoms with Crippen molar-refractivity contribution < 1.29 is 14.6 Å². The van der Waals surface area contributed by atoms with Crippen LogP contribution in [-0.2, 0) is 6.54 Å². The molecule has 1 atom stereocenters. The highest BCUT2D eigenvalue weighted by Crippen LogP contribution is 2.20. The Morgan fingerprint density at radius 1 is 1.06 bits per heavy atom. The molecule has 0 saturated carbocycles. The average molecular weight is 542 g/mol. The van der Waals surface area contributed by atoms with Crippen LogP contribution in [0.25, 0.3) is 0 Å². The molecular formula is C23H35IN4O3. The van der Waals surface area contributed by atoms with Crippen LogP contribution in [-0.4, -0.2) is 41.3 Å². The van der Waals surface area contributed by atoms with Crippen LogP contribution in [0.1, 0.15) is 51.8 Å². The Morgan fingerprint density at radius 2 is 1.81 bits per heavy atom. The SMILES string of the molecule is CCNC(=NCc1ccc(OC(C)C)nc1)NCC(O)c1cccc(OC(C)C)c1.I. The van der Waals surface area contributed by atoms with Gasteiger partial charge < -0.3 is 25.2 Å². The number of halogens is 1.